The summed E-state index contributed by atoms with van der Waals surface area (Å²) in [7, 11) is -3.70. The third-order valence-electron chi connectivity index (χ3n) is 3.36. The largest absolute Gasteiger partial charge is 0.396 e. The van der Waals surface area contributed by atoms with Gasteiger partial charge in [0.15, 0.2) is 0 Å². The van der Waals surface area contributed by atoms with Crippen molar-refractivity contribution in [2.45, 2.75) is 30.8 Å². The number of nitrogen functional groups attached to an aromatic ring is 1. The van der Waals surface area contributed by atoms with E-state index in [1.807, 2.05) is 0 Å². The molecule has 106 valence electrons. The second-order valence-electron chi connectivity index (χ2n) is 4.98. The number of sulfonamides is 1. The topological polar surface area (TPSA) is 92.4 Å². The van der Waals surface area contributed by atoms with Crippen LogP contribution in [0.5, 0.6) is 0 Å². The summed E-state index contributed by atoms with van der Waals surface area (Å²) in [5.74, 6) is -0.471. The first kappa shape index (κ1) is 14.2. The Morgan fingerprint density at radius 1 is 1.47 bits per heavy atom. The first-order valence-corrected chi connectivity index (χ1v) is 7.51. The zero-order valence-electron chi connectivity index (χ0n) is 10.6. The highest BCUT2D eigenvalue weighted by Crippen LogP contribution is 2.27. The number of hydrogen-bond donors (Lipinski definition) is 3. The van der Waals surface area contributed by atoms with E-state index < -0.39 is 15.8 Å². The lowest BCUT2D eigenvalue weighted by atomic mass is 9.83. The van der Waals surface area contributed by atoms with E-state index in [1.54, 1.807) is 0 Å². The van der Waals surface area contributed by atoms with Crippen molar-refractivity contribution < 1.29 is 17.9 Å². The average Bonchev–Trinajstić information content (AvgIpc) is 2.27. The molecule has 5 nitrogen and oxygen atoms in total. The van der Waals surface area contributed by atoms with Crippen molar-refractivity contribution in [2.75, 3.05) is 12.3 Å². The van der Waals surface area contributed by atoms with Crippen molar-refractivity contribution in [3.05, 3.63) is 23.5 Å². The van der Waals surface area contributed by atoms with E-state index >= 15 is 0 Å². The van der Waals surface area contributed by atoms with Gasteiger partial charge in [0.25, 0.3) is 0 Å². The van der Waals surface area contributed by atoms with E-state index in [2.05, 4.69) is 4.72 Å². The molecule has 0 spiro atoms. The van der Waals surface area contributed by atoms with Crippen molar-refractivity contribution in [1.82, 2.24) is 4.72 Å². The van der Waals surface area contributed by atoms with Gasteiger partial charge in [-0.3, -0.25) is 0 Å². The average molecular weight is 288 g/mol. The number of nitrogens with one attached hydrogen (secondary N) is 1. The first-order valence-electron chi connectivity index (χ1n) is 6.03. The van der Waals surface area contributed by atoms with Crippen molar-refractivity contribution >= 4 is 15.7 Å². The number of rotatable bonds is 4. The lowest BCUT2D eigenvalue weighted by molar-refractivity contribution is 0.0453. The monoisotopic (exact) mass is 288 g/mol. The van der Waals surface area contributed by atoms with Crippen molar-refractivity contribution in [3.8, 4) is 0 Å². The molecule has 0 aromatic heterocycles. The quantitative estimate of drug-likeness (QED) is 0.713. The summed E-state index contributed by atoms with van der Waals surface area (Å²) < 4.78 is 39.9. The van der Waals surface area contributed by atoms with Gasteiger partial charge in [0.05, 0.1) is 16.7 Å². The van der Waals surface area contributed by atoms with Crippen LogP contribution in [-0.4, -0.2) is 26.2 Å². The molecule has 1 saturated carbocycles. The predicted octanol–water partition coefficient (Wildman–Crippen LogP) is 0.766. The molecule has 19 heavy (non-hydrogen) atoms. The summed E-state index contributed by atoms with van der Waals surface area (Å²) in [5.41, 5.74) is 5.52. The molecule has 4 N–H and O–H groups in total. The summed E-state index contributed by atoms with van der Waals surface area (Å²) in [4.78, 5) is -0.00808. The number of hydrogen-bond acceptors (Lipinski definition) is 4. The molecule has 1 aliphatic carbocycles. The molecule has 1 aromatic rings. The highest BCUT2D eigenvalue weighted by molar-refractivity contribution is 7.89. The smallest absolute Gasteiger partial charge is 0.240 e. The van der Waals surface area contributed by atoms with Crippen LogP contribution in [0.2, 0.25) is 0 Å². The van der Waals surface area contributed by atoms with Gasteiger partial charge in [0.1, 0.15) is 5.82 Å². The van der Waals surface area contributed by atoms with Gasteiger partial charge in [-0.25, -0.2) is 17.5 Å². The van der Waals surface area contributed by atoms with E-state index in [-0.39, 0.29) is 29.1 Å². The van der Waals surface area contributed by atoms with Crippen LogP contribution >= 0.6 is 0 Å². The number of nitrogens with two attached hydrogens (primary N) is 1. The zero-order valence-corrected chi connectivity index (χ0v) is 11.4. The highest BCUT2D eigenvalue weighted by Gasteiger charge is 2.29. The van der Waals surface area contributed by atoms with E-state index in [9.17, 15) is 12.8 Å². The number of halogens is 1. The lowest BCUT2D eigenvalue weighted by Crippen LogP contribution is -2.38. The number of benzene rings is 1. The standard InChI is InChI=1S/C12H17FN2O3S/c1-7-2-10(13)11(14)5-12(7)19(17,18)15-6-8-3-9(16)4-8/h2,5,8-9,15-16H,3-4,6,14H2,1H3. The van der Waals surface area contributed by atoms with Crippen molar-refractivity contribution in [2.24, 2.45) is 5.92 Å². The van der Waals surface area contributed by atoms with Gasteiger partial charge in [-0.1, -0.05) is 0 Å². The second kappa shape index (κ2) is 5.07. The van der Waals surface area contributed by atoms with Crippen LogP contribution in [0.15, 0.2) is 17.0 Å². The molecule has 0 saturated heterocycles. The maximum absolute atomic E-state index is 13.2. The number of aryl methyl sites for hydroxylation is 1. The normalized spacial score (nSPS) is 23.1. The van der Waals surface area contributed by atoms with Gasteiger partial charge < -0.3 is 10.8 Å². The molecule has 7 heteroatoms. The van der Waals surface area contributed by atoms with Gasteiger partial charge in [0.2, 0.25) is 10.0 Å². The van der Waals surface area contributed by atoms with Gasteiger partial charge in [-0.2, -0.15) is 0 Å². The van der Waals surface area contributed by atoms with E-state index in [0.717, 1.165) is 12.1 Å². The van der Waals surface area contributed by atoms with E-state index in [4.69, 9.17) is 10.8 Å². The first-order chi connectivity index (χ1) is 8.79. The molecule has 1 aliphatic rings. The molecule has 0 radical (unpaired) electrons. The molecule has 0 amide bonds. The minimum absolute atomic E-state index is 0.00808. The molecule has 1 aromatic carbocycles. The highest BCUT2D eigenvalue weighted by atomic mass is 32.2. The van der Waals surface area contributed by atoms with Crippen LogP contribution in [0.3, 0.4) is 0 Å². The molecule has 0 bridgehead atoms. The number of anilines is 1. The maximum Gasteiger partial charge on any atom is 0.240 e. The summed E-state index contributed by atoms with van der Waals surface area (Å²) in [5, 5.41) is 9.14. The Labute approximate surface area is 111 Å². The summed E-state index contributed by atoms with van der Waals surface area (Å²) in [6.07, 6.45) is 0.887. The molecule has 0 aliphatic heterocycles. The Balaban J connectivity index is 2.13. The van der Waals surface area contributed by atoms with Crippen molar-refractivity contribution in [3.63, 3.8) is 0 Å². The van der Waals surface area contributed by atoms with Gasteiger partial charge in [0, 0.05) is 6.54 Å². The van der Waals surface area contributed by atoms with Crippen LogP contribution < -0.4 is 10.5 Å². The Bertz CT molecular complexity index is 583. The fraction of sp³-hybridized carbons (Fsp3) is 0.500. The fourth-order valence-corrected chi connectivity index (χ4v) is 3.51. The van der Waals surface area contributed by atoms with E-state index in [0.29, 0.717) is 18.4 Å². The van der Waals surface area contributed by atoms with Crippen LogP contribution in [0.25, 0.3) is 0 Å². The fourth-order valence-electron chi connectivity index (χ4n) is 2.13. The third-order valence-corrected chi connectivity index (χ3v) is 4.92. The third kappa shape index (κ3) is 3.05. The Kier molecular flexibility index (Phi) is 3.80. The van der Waals surface area contributed by atoms with Crippen molar-refractivity contribution in [1.29, 1.82) is 0 Å². The van der Waals surface area contributed by atoms with Crippen LogP contribution in [0.1, 0.15) is 18.4 Å². The van der Waals surface area contributed by atoms with Crippen LogP contribution in [0, 0.1) is 18.7 Å². The molecule has 0 unspecified atom stereocenters. The number of aliphatic hydroxyl groups is 1. The molecule has 0 atom stereocenters. The molecular formula is C12H17FN2O3S. The van der Waals surface area contributed by atoms with Crippen LogP contribution in [-0.2, 0) is 10.0 Å². The Morgan fingerprint density at radius 2 is 2.11 bits per heavy atom. The Morgan fingerprint density at radius 3 is 2.68 bits per heavy atom. The van der Waals surface area contributed by atoms with Gasteiger partial charge in [-0.15, -0.1) is 0 Å². The zero-order chi connectivity index (χ0) is 14.2. The summed E-state index contributed by atoms with van der Waals surface area (Å²) in [6.45, 7) is 1.79. The minimum atomic E-state index is -3.70. The molecule has 1 fully saturated rings. The molecular weight excluding hydrogens is 271 g/mol. The Hall–Kier alpha value is -1.18. The van der Waals surface area contributed by atoms with E-state index in [1.165, 1.54) is 6.92 Å². The predicted molar refractivity (Wildman–Crippen MR) is 69.5 cm³/mol. The van der Waals surface area contributed by atoms with Crippen LogP contribution in [0.4, 0.5) is 10.1 Å². The summed E-state index contributed by atoms with van der Waals surface area (Å²) >= 11 is 0. The second-order valence-corrected chi connectivity index (χ2v) is 6.72. The minimum Gasteiger partial charge on any atom is -0.396 e. The van der Waals surface area contributed by atoms with Gasteiger partial charge in [-0.05, 0) is 43.4 Å². The maximum atomic E-state index is 13.2. The molecule has 2 rings (SSSR count). The van der Waals surface area contributed by atoms with Gasteiger partial charge >= 0.3 is 0 Å². The number of aliphatic hydroxyl groups excluding tert-OH is 1. The molecule has 0 heterocycles. The SMILES string of the molecule is Cc1cc(F)c(N)cc1S(=O)(=O)NCC1CC(O)C1. The lowest BCUT2D eigenvalue weighted by Gasteiger charge is -2.31. The summed E-state index contributed by atoms with van der Waals surface area (Å²) in [6, 6.07) is 2.24.